The van der Waals surface area contributed by atoms with Gasteiger partial charge in [-0.05, 0) is 27.7 Å². The average molecular weight is 422 g/mol. The molecular formula is C19H26N4O7. The van der Waals surface area contributed by atoms with Gasteiger partial charge in [0.2, 0.25) is 0 Å². The van der Waals surface area contributed by atoms with Gasteiger partial charge in [0.15, 0.2) is 0 Å². The zero-order chi connectivity index (χ0) is 22.4. The molecule has 0 bridgehead atoms. The maximum absolute atomic E-state index is 12.9. The van der Waals surface area contributed by atoms with Gasteiger partial charge >= 0.3 is 11.9 Å². The van der Waals surface area contributed by atoms with E-state index in [0.29, 0.717) is 22.7 Å². The van der Waals surface area contributed by atoms with Crippen molar-refractivity contribution in [2.45, 2.75) is 46.1 Å². The van der Waals surface area contributed by atoms with Gasteiger partial charge in [0, 0.05) is 36.8 Å². The van der Waals surface area contributed by atoms with Gasteiger partial charge in [-0.3, -0.25) is 0 Å². The molecule has 1 aliphatic heterocycles. The van der Waals surface area contributed by atoms with Gasteiger partial charge in [0.05, 0.1) is 42.7 Å². The van der Waals surface area contributed by atoms with Crippen LogP contribution < -0.4 is 5.32 Å². The largest absolute Gasteiger partial charge is 0.462 e. The molecule has 0 saturated heterocycles. The number of imidazole rings is 1. The van der Waals surface area contributed by atoms with Crippen LogP contribution in [-0.2, 0) is 30.9 Å². The van der Waals surface area contributed by atoms with E-state index >= 15 is 0 Å². The topological polar surface area (TPSA) is 135 Å². The minimum Gasteiger partial charge on any atom is -0.462 e. The van der Waals surface area contributed by atoms with E-state index in [1.165, 1.54) is 0 Å². The van der Waals surface area contributed by atoms with E-state index in [9.17, 15) is 19.7 Å². The molecule has 0 aliphatic carbocycles. The number of rotatable bonds is 9. The van der Waals surface area contributed by atoms with Gasteiger partial charge in [-0.1, -0.05) is 0 Å². The molecule has 2 heterocycles. The summed E-state index contributed by atoms with van der Waals surface area (Å²) < 4.78 is 12.4. The fourth-order valence-corrected chi connectivity index (χ4v) is 3.19. The summed E-state index contributed by atoms with van der Waals surface area (Å²) in [4.78, 5) is 44.3. The number of nitrogens with zero attached hydrogens (tertiary/aromatic N) is 3. The number of carbonyl (C=O) groups is 2. The van der Waals surface area contributed by atoms with Crippen LogP contribution in [0.2, 0.25) is 0 Å². The third-order valence-corrected chi connectivity index (χ3v) is 4.41. The molecular weight excluding hydrogens is 396 g/mol. The van der Waals surface area contributed by atoms with Gasteiger partial charge in [-0.25, -0.2) is 14.6 Å². The Balaban J connectivity index is 2.33. The Morgan fingerprint density at radius 2 is 1.87 bits per heavy atom. The highest BCUT2D eigenvalue weighted by molar-refractivity contribution is 5.99. The zero-order valence-electron chi connectivity index (χ0n) is 17.6. The molecule has 0 spiro atoms. The Morgan fingerprint density at radius 1 is 1.23 bits per heavy atom. The van der Waals surface area contributed by atoms with Gasteiger partial charge in [-0.2, -0.15) is 0 Å². The number of dihydropyridines is 1. The molecule has 1 unspecified atom stereocenters. The van der Waals surface area contributed by atoms with Crippen molar-refractivity contribution in [3.63, 3.8) is 0 Å². The fourth-order valence-electron chi connectivity index (χ4n) is 3.19. The van der Waals surface area contributed by atoms with Crippen LogP contribution in [0.1, 0.15) is 45.7 Å². The lowest BCUT2D eigenvalue weighted by Crippen LogP contribution is -2.34. The third kappa shape index (κ3) is 5.37. The zero-order valence-corrected chi connectivity index (χ0v) is 17.6. The highest BCUT2D eigenvalue weighted by Gasteiger charge is 2.39. The van der Waals surface area contributed by atoms with Gasteiger partial charge < -0.3 is 24.2 Å². The summed E-state index contributed by atoms with van der Waals surface area (Å²) in [5, 5.41) is 12.4. The molecule has 0 amide bonds. The molecule has 11 heteroatoms. The van der Waals surface area contributed by atoms with Crippen molar-refractivity contribution in [3.05, 3.63) is 50.9 Å². The van der Waals surface area contributed by atoms with Gasteiger partial charge in [0.1, 0.15) is 0 Å². The molecule has 0 aromatic carbocycles. The second-order valence-electron chi connectivity index (χ2n) is 7.07. The van der Waals surface area contributed by atoms with Crippen LogP contribution in [0.4, 0.5) is 0 Å². The maximum atomic E-state index is 12.9. The molecule has 1 atom stereocenters. The Kier molecular flexibility index (Phi) is 7.56. The molecule has 1 N–H and O–H groups in total. The molecule has 164 valence electrons. The third-order valence-electron chi connectivity index (χ3n) is 4.41. The normalized spacial score (nSPS) is 16.4. The van der Waals surface area contributed by atoms with Crippen molar-refractivity contribution < 1.29 is 29.0 Å². The number of allylic oxidation sites excluding steroid dienone is 2. The lowest BCUT2D eigenvalue weighted by atomic mass is 9.83. The first-order chi connectivity index (χ1) is 14.1. The first-order valence-corrected chi connectivity index (χ1v) is 9.43. The van der Waals surface area contributed by atoms with Crippen molar-refractivity contribution in [1.82, 2.24) is 14.9 Å². The lowest BCUT2D eigenvalue weighted by Gasteiger charge is -2.30. The average Bonchev–Trinajstić information content (AvgIpc) is 3.05. The van der Waals surface area contributed by atoms with Crippen LogP contribution in [-0.4, -0.2) is 45.9 Å². The van der Waals surface area contributed by atoms with E-state index in [1.54, 1.807) is 51.8 Å². The van der Waals surface area contributed by atoms with Crippen molar-refractivity contribution in [1.29, 1.82) is 0 Å². The summed E-state index contributed by atoms with van der Waals surface area (Å²) in [6.07, 6.45) is 2.97. The number of hydrogen-bond acceptors (Lipinski definition) is 9. The van der Waals surface area contributed by atoms with Crippen molar-refractivity contribution in [3.8, 4) is 0 Å². The summed E-state index contributed by atoms with van der Waals surface area (Å²) in [5.74, 6) is -1.93. The Labute approximate surface area is 173 Å². The number of carbonyl (C=O) groups excluding carboxylic acids is 2. The van der Waals surface area contributed by atoms with E-state index in [1.807, 2.05) is 0 Å². The first-order valence-electron chi connectivity index (χ1n) is 9.43. The monoisotopic (exact) mass is 422 g/mol. The van der Waals surface area contributed by atoms with E-state index in [4.69, 9.17) is 9.47 Å². The Morgan fingerprint density at radius 3 is 2.40 bits per heavy atom. The summed E-state index contributed by atoms with van der Waals surface area (Å²) >= 11 is 0. The van der Waals surface area contributed by atoms with E-state index in [0.717, 1.165) is 0 Å². The van der Waals surface area contributed by atoms with Crippen molar-refractivity contribution >= 4 is 11.9 Å². The molecule has 1 aromatic rings. The standard InChI is InChI=1S/C19H26N4O7/c1-11(2)30-19(25)16-13(4)21-12(3)15(17(16)14-9-20-10-22(14)5)18(24)28-7-6-8-29-23(26)27/h9-11,17,21H,6-8H2,1-5H3. The number of aryl methyl sites for hydroxylation is 1. The molecule has 0 radical (unpaired) electrons. The van der Waals surface area contributed by atoms with Crippen LogP contribution in [0.5, 0.6) is 0 Å². The molecule has 2 rings (SSSR count). The molecule has 0 saturated carbocycles. The lowest BCUT2D eigenvalue weighted by molar-refractivity contribution is -0.757. The summed E-state index contributed by atoms with van der Waals surface area (Å²) in [6.45, 7) is 6.67. The fraction of sp³-hybridized carbons (Fsp3) is 0.526. The highest BCUT2D eigenvalue weighted by atomic mass is 16.9. The number of aromatic nitrogens is 2. The van der Waals surface area contributed by atoms with Crippen LogP contribution >= 0.6 is 0 Å². The minimum absolute atomic E-state index is 0.0734. The number of ether oxygens (including phenoxy) is 2. The smallest absolute Gasteiger partial charge is 0.337 e. The second kappa shape index (κ2) is 9.90. The van der Waals surface area contributed by atoms with Crippen LogP contribution in [0.3, 0.4) is 0 Å². The summed E-state index contributed by atoms with van der Waals surface area (Å²) in [6, 6.07) is 0. The number of nitrogens with one attached hydrogen (secondary N) is 1. The minimum atomic E-state index is -0.905. The highest BCUT2D eigenvalue weighted by Crippen LogP contribution is 2.39. The number of esters is 2. The van der Waals surface area contributed by atoms with E-state index in [2.05, 4.69) is 15.1 Å². The molecule has 1 aromatic heterocycles. The SMILES string of the molecule is CC1=C(C(=O)OCCCO[N+](=O)[O-])C(c2cncn2C)C(C(=O)OC(C)C)=C(C)N1. The van der Waals surface area contributed by atoms with E-state index in [-0.39, 0.29) is 31.3 Å². The van der Waals surface area contributed by atoms with Gasteiger partial charge in [-0.15, -0.1) is 10.1 Å². The molecule has 0 fully saturated rings. The molecule has 11 nitrogen and oxygen atoms in total. The second-order valence-corrected chi connectivity index (χ2v) is 7.07. The molecule has 1 aliphatic rings. The summed E-state index contributed by atoms with van der Waals surface area (Å²) in [7, 11) is 1.76. The Hall–Kier alpha value is -3.37. The van der Waals surface area contributed by atoms with Crippen LogP contribution in [0, 0.1) is 10.1 Å². The van der Waals surface area contributed by atoms with Crippen molar-refractivity contribution in [2.75, 3.05) is 13.2 Å². The first kappa shape index (κ1) is 22.9. The van der Waals surface area contributed by atoms with Crippen LogP contribution in [0.25, 0.3) is 0 Å². The van der Waals surface area contributed by atoms with Crippen LogP contribution in [0.15, 0.2) is 35.1 Å². The Bertz CT molecular complexity index is 885. The predicted octanol–water partition coefficient (Wildman–Crippen LogP) is 1.75. The van der Waals surface area contributed by atoms with E-state index < -0.39 is 22.9 Å². The van der Waals surface area contributed by atoms with Crippen molar-refractivity contribution in [2.24, 2.45) is 7.05 Å². The molecule has 30 heavy (non-hydrogen) atoms. The maximum Gasteiger partial charge on any atom is 0.337 e. The predicted molar refractivity (Wildman–Crippen MR) is 104 cm³/mol. The number of hydrogen-bond donors (Lipinski definition) is 1. The van der Waals surface area contributed by atoms with Gasteiger partial charge in [0.25, 0.3) is 5.09 Å². The summed E-state index contributed by atoms with van der Waals surface area (Å²) in [5.41, 5.74) is 2.26. The quantitative estimate of drug-likeness (QED) is 0.273.